The first-order valence-corrected chi connectivity index (χ1v) is 8.45. The second-order valence-corrected chi connectivity index (χ2v) is 6.25. The standard InChI is InChI=1S/C14H24N6S/c1-3-12-11-20(8-9-21-12)14(15-2)19-7-6-18-13-10-16-4-5-17-13/h4-5,10,12H,3,6-9,11H2,1-2H3,(H,15,19)(H,17,18). The predicted octanol–water partition coefficient (Wildman–Crippen LogP) is 1.29. The second kappa shape index (κ2) is 8.71. The first-order valence-electron chi connectivity index (χ1n) is 7.40. The fourth-order valence-electron chi connectivity index (χ4n) is 2.25. The monoisotopic (exact) mass is 308 g/mol. The molecule has 2 rings (SSSR count). The Bertz CT molecular complexity index is 438. The molecule has 1 fully saturated rings. The fourth-order valence-corrected chi connectivity index (χ4v) is 3.43. The van der Waals surface area contributed by atoms with Crippen LogP contribution in [0.1, 0.15) is 13.3 Å². The molecule has 1 aliphatic rings. The lowest BCUT2D eigenvalue weighted by Gasteiger charge is -2.34. The largest absolute Gasteiger partial charge is 0.367 e. The Kier molecular flexibility index (Phi) is 6.59. The van der Waals surface area contributed by atoms with E-state index in [0.717, 1.165) is 43.2 Å². The summed E-state index contributed by atoms with van der Waals surface area (Å²) in [4.78, 5) is 15.0. The topological polar surface area (TPSA) is 65.4 Å². The molecule has 0 aliphatic carbocycles. The van der Waals surface area contributed by atoms with Gasteiger partial charge in [0, 0.05) is 56.6 Å². The average molecular weight is 308 g/mol. The van der Waals surface area contributed by atoms with Crippen LogP contribution in [0.3, 0.4) is 0 Å². The van der Waals surface area contributed by atoms with Crippen molar-refractivity contribution in [3.8, 4) is 0 Å². The molecule has 0 amide bonds. The van der Waals surface area contributed by atoms with Gasteiger partial charge in [-0.1, -0.05) is 6.92 Å². The predicted molar refractivity (Wildman–Crippen MR) is 90.0 cm³/mol. The number of hydrogen-bond donors (Lipinski definition) is 2. The molecule has 6 nitrogen and oxygen atoms in total. The highest BCUT2D eigenvalue weighted by molar-refractivity contribution is 8.00. The number of aliphatic imine (C=N–C) groups is 1. The Hall–Kier alpha value is -1.50. The van der Waals surface area contributed by atoms with Crippen molar-refractivity contribution >= 4 is 23.5 Å². The van der Waals surface area contributed by atoms with Crippen molar-refractivity contribution in [1.82, 2.24) is 20.2 Å². The minimum Gasteiger partial charge on any atom is -0.367 e. The van der Waals surface area contributed by atoms with Crippen LogP contribution in [0.25, 0.3) is 0 Å². The van der Waals surface area contributed by atoms with E-state index in [9.17, 15) is 0 Å². The van der Waals surface area contributed by atoms with E-state index in [1.165, 1.54) is 12.2 Å². The van der Waals surface area contributed by atoms with Crippen LogP contribution in [0.5, 0.6) is 0 Å². The number of hydrogen-bond acceptors (Lipinski definition) is 5. The van der Waals surface area contributed by atoms with E-state index in [1.807, 2.05) is 7.05 Å². The van der Waals surface area contributed by atoms with Gasteiger partial charge in [0.25, 0.3) is 0 Å². The van der Waals surface area contributed by atoms with Crippen LogP contribution < -0.4 is 10.6 Å². The summed E-state index contributed by atoms with van der Waals surface area (Å²) in [7, 11) is 1.85. The van der Waals surface area contributed by atoms with Gasteiger partial charge in [-0.15, -0.1) is 0 Å². The van der Waals surface area contributed by atoms with E-state index >= 15 is 0 Å². The molecule has 0 radical (unpaired) electrons. The quantitative estimate of drug-likeness (QED) is 0.485. The van der Waals surface area contributed by atoms with Gasteiger partial charge in [-0.05, 0) is 6.42 Å². The molecular formula is C14H24N6S. The van der Waals surface area contributed by atoms with Gasteiger partial charge in [-0.3, -0.25) is 9.98 Å². The molecule has 0 spiro atoms. The van der Waals surface area contributed by atoms with E-state index in [-0.39, 0.29) is 0 Å². The first kappa shape index (κ1) is 15.9. The summed E-state index contributed by atoms with van der Waals surface area (Å²) in [5.74, 6) is 2.97. The van der Waals surface area contributed by atoms with Gasteiger partial charge >= 0.3 is 0 Å². The Balaban J connectivity index is 1.73. The third-order valence-electron chi connectivity index (χ3n) is 3.38. The zero-order chi connectivity index (χ0) is 14.9. The van der Waals surface area contributed by atoms with E-state index in [2.05, 4.69) is 49.2 Å². The Morgan fingerprint density at radius 3 is 3.10 bits per heavy atom. The zero-order valence-corrected chi connectivity index (χ0v) is 13.6. The Morgan fingerprint density at radius 1 is 1.48 bits per heavy atom. The molecule has 1 atom stereocenters. The minimum atomic E-state index is 0.718. The molecule has 1 aromatic rings. The molecule has 1 aliphatic heterocycles. The summed E-state index contributed by atoms with van der Waals surface area (Å²) in [6.45, 7) is 6.00. The summed E-state index contributed by atoms with van der Waals surface area (Å²) >= 11 is 2.07. The fraction of sp³-hybridized carbons (Fsp3) is 0.643. The Morgan fingerprint density at radius 2 is 2.38 bits per heavy atom. The number of nitrogens with zero attached hydrogens (tertiary/aromatic N) is 4. The zero-order valence-electron chi connectivity index (χ0n) is 12.7. The molecule has 21 heavy (non-hydrogen) atoms. The van der Waals surface area contributed by atoms with Gasteiger partial charge in [0.15, 0.2) is 5.96 Å². The molecular weight excluding hydrogens is 284 g/mol. The van der Waals surface area contributed by atoms with Gasteiger partial charge in [0.2, 0.25) is 0 Å². The van der Waals surface area contributed by atoms with E-state index in [4.69, 9.17) is 0 Å². The molecule has 7 heteroatoms. The van der Waals surface area contributed by atoms with Crippen LogP contribution in [-0.2, 0) is 0 Å². The maximum absolute atomic E-state index is 4.39. The molecule has 1 aromatic heterocycles. The normalized spacial score (nSPS) is 19.4. The number of guanidine groups is 1. The van der Waals surface area contributed by atoms with Crippen LogP contribution in [0.15, 0.2) is 23.6 Å². The maximum atomic E-state index is 4.39. The molecule has 2 heterocycles. The number of aromatic nitrogens is 2. The van der Waals surface area contributed by atoms with Crippen molar-refractivity contribution in [2.24, 2.45) is 4.99 Å². The van der Waals surface area contributed by atoms with Crippen molar-refractivity contribution in [2.75, 3.05) is 44.3 Å². The molecule has 0 bridgehead atoms. The lowest BCUT2D eigenvalue weighted by molar-refractivity contribution is 0.409. The van der Waals surface area contributed by atoms with Gasteiger partial charge in [0.1, 0.15) is 5.82 Å². The molecule has 116 valence electrons. The van der Waals surface area contributed by atoms with Crippen LogP contribution in [-0.4, -0.2) is 65.1 Å². The number of nitrogens with one attached hydrogen (secondary N) is 2. The number of thioether (sulfide) groups is 1. The maximum Gasteiger partial charge on any atom is 0.193 e. The van der Waals surface area contributed by atoms with E-state index in [1.54, 1.807) is 18.6 Å². The summed E-state index contributed by atoms with van der Waals surface area (Å²) < 4.78 is 0. The highest BCUT2D eigenvalue weighted by Crippen LogP contribution is 2.20. The summed E-state index contributed by atoms with van der Waals surface area (Å²) in [6, 6.07) is 0. The smallest absolute Gasteiger partial charge is 0.193 e. The van der Waals surface area contributed by atoms with Crippen molar-refractivity contribution in [3.05, 3.63) is 18.6 Å². The van der Waals surface area contributed by atoms with Gasteiger partial charge in [0.05, 0.1) is 6.20 Å². The van der Waals surface area contributed by atoms with Crippen molar-refractivity contribution in [2.45, 2.75) is 18.6 Å². The third kappa shape index (κ3) is 5.08. The summed E-state index contributed by atoms with van der Waals surface area (Å²) in [6.07, 6.45) is 6.30. The first-order chi connectivity index (χ1) is 10.3. The number of anilines is 1. The number of rotatable bonds is 5. The van der Waals surface area contributed by atoms with Crippen LogP contribution in [0.2, 0.25) is 0 Å². The van der Waals surface area contributed by atoms with Crippen molar-refractivity contribution in [1.29, 1.82) is 0 Å². The molecule has 0 aromatic carbocycles. The lowest BCUT2D eigenvalue weighted by atomic mass is 10.3. The molecule has 1 saturated heterocycles. The van der Waals surface area contributed by atoms with Gasteiger partial charge in [-0.25, -0.2) is 4.98 Å². The third-order valence-corrected chi connectivity index (χ3v) is 4.75. The molecule has 0 saturated carbocycles. The highest BCUT2D eigenvalue weighted by atomic mass is 32.2. The van der Waals surface area contributed by atoms with Crippen LogP contribution >= 0.6 is 11.8 Å². The Labute approximate surface area is 130 Å². The summed E-state index contributed by atoms with van der Waals surface area (Å²) in [5.41, 5.74) is 0. The minimum absolute atomic E-state index is 0.718. The molecule has 2 N–H and O–H groups in total. The van der Waals surface area contributed by atoms with Crippen molar-refractivity contribution < 1.29 is 0 Å². The lowest BCUT2D eigenvalue weighted by Crippen LogP contribution is -2.48. The van der Waals surface area contributed by atoms with Crippen LogP contribution in [0, 0.1) is 0 Å². The summed E-state index contributed by atoms with van der Waals surface area (Å²) in [5, 5.41) is 7.36. The average Bonchev–Trinajstić information content (AvgIpc) is 2.56. The molecule has 1 unspecified atom stereocenters. The SMILES string of the molecule is CCC1CN(C(=NC)NCCNc2cnccn2)CCS1. The van der Waals surface area contributed by atoms with Crippen LogP contribution in [0.4, 0.5) is 5.82 Å². The van der Waals surface area contributed by atoms with Gasteiger partial charge < -0.3 is 15.5 Å². The van der Waals surface area contributed by atoms with E-state index < -0.39 is 0 Å². The highest BCUT2D eigenvalue weighted by Gasteiger charge is 2.21. The van der Waals surface area contributed by atoms with Crippen molar-refractivity contribution in [3.63, 3.8) is 0 Å². The van der Waals surface area contributed by atoms with Gasteiger partial charge in [-0.2, -0.15) is 11.8 Å². The second-order valence-electron chi connectivity index (χ2n) is 4.84. The van der Waals surface area contributed by atoms with E-state index in [0.29, 0.717) is 0 Å².